The van der Waals surface area contributed by atoms with Gasteiger partial charge in [0.1, 0.15) is 0 Å². The van der Waals surface area contributed by atoms with Crippen LogP contribution in [0.3, 0.4) is 0 Å². The third-order valence-corrected chi connectivity index (χ3v) is 3.82. The summed E-state index contributed by atoms with van der Waals surface area (Å²) >= 11 is 0. The van der Waals surface area contributed by atoms with Crippen LogP contribution in [0.5, 0.6) is 0 Å². The molecule has 1 fully saturated rings. The maximum atomic E-state index is 4.63. The number of nitrogens with one attached hydrogen (secondary N) is 1. The van der Waals surface area contributed by atoms with Gasteiger partial charge in [0.05, 0.1) is 5.69 Å². The average Bonchev–Trinajstić information content (AvgIpc) is 2.51. The van der Waals surface area contributed by atoms with Gasteiger partial charge in [0.2, 0.25) is 5.95 Å². The molecule has 1 aromatic heterocycles. The largest absolute Gasteiger partial charge is 0.350 e. The van der Waals surface area contributed by atoms with E-state index in [1.54, 1.807) is 0 Å². The van der Waals surface area contributed by atoms with Crippen molar-refractivity contribution in [3.63, 3.8) is 0 Å². The lowest BCUT2D eigenvalue weighted by Crippen LogP contribution is -2.45. The lowest BCUT2D eigenvalue weighted by Gasteiger charge is -2.42. The summed E-state index contributed by atoms with van der Waals surface area (Å²) in [5, 5.41) is 3.69. The maximum absolute atomic E-state index is 4.63. The summed E-state index contributed by atoms with van der Waals surface area (Å²) in [4.78, 5) is 4.63. The van der Waals surface area contributed by atoms with Gasteiger partial charge < -0.3 is 9.88 Å². The molecule has 0 aromatic carbocycles. The highest BCUT2D eigenvalue weighted by molar-refractivity contribution is 5.34. The second kappa shape index (κ2) is 4.71. The van der Waals surface area contributed by atoms with Crippen molar-refractivity contribution in [3.05, 3.63) is 11.9 Å². The Kier molecular flexibility index (Phi) is 3.45. The van der Waals surface area contributed by atoms with E-state index in [1.807, 2.05) is 0 Å². The SMILES string of the molecule is CCC1(Nc2nc(C)cn2CC(C)C)CCC1. The van der Waals surface area contributed by atoms with Gasteiger partial charge >= 0.3 is 0 Å². The molecule has 0 radical (unpaired) electrons. The van der Waals surface area contributed by atoms with Gasteiger partial charge in [-0.2, -0.15) is 0 Å². The Morgan fingerprint density at radius 2 is 2.18 bits per heavy atom. The second-order valence-corrected chi connectivity index (χ2v) is 5.86. The molecular weight excluding hydrogens is 210 g/mol. The van der Waals surface area contributed by atoms with Gasteiger partial charge in [0.15, 0.2) is 0 Å². The Morgan fingerprint density at radius 3 is 2.65 bits per heavy atom. The van der Waals surface area contributed by atoms with Crippen LogP contribution in [-0.4, -0.2) is 15.1 Å². The first-order valence-corrected chi connectivity index (χ1v) is 6.86. The summed E-state index contributed by atoms with van der Waals surface area (Å²) < 4.78 is 2.27. The number of hydrogen-bond acceptors (Lipinski definition) is 2. The number of hydrogen-bond donors (Lipinski definition) is 1. The number of aromatic nitrogens is 2. The molecule has 0 unspecified atom stereocenters. The van der Waals surface area contributed by atoms with Crippen molar-refractivity contribution >= 4 is 5.95 Å². The minimum atomic E-state index is 0.326. The van der Waals surface area contributed by atoms with Gasteiger partial charge in [-0.3, -0.25) is 0 Å². The van der Waals surface area contributed by atoms with Crippen LogP contribution in [-0.2, 0) is 6.54 Å². The van der Waals surface area contributed by atoms with Gasteiger partial charge in [0, 0.05) is 18.3 Å². The Hall–Kier alpha value is -0.990. The molecule has 3 nitrogen and oxygen atoms in total. The zero-order valence-electron chi connectivity index (χ0n) is 11.6. The Balaban J connectivity index is 2.14. The van der Waals surface area contributed by atoms with Crippen LogP contribution in [0, 0.1) is 12.8 Å². The van der Waals surface area contributed by atoms with Gasteiger partial charge in [0.25, 0.3) is 0 Å². The normalized spacial score (nSPS) is 18.2. The van der Waals surface area contributed by atoms with Crippen molar-refractivity contribution in [1.29, 1.82) is 0 Å². The minimum Gasteiger partial charge on any atom is -0.350 e. The maximum Gasteiger partial charge on any atom is 0.203 e. The van der Waals surface area contributed by atoms with Gasteiger partial charge in [-0.15, -0.1) is 0 Å². The Bertz CT molecular complexity index is 369. The van der Waals surface area contributed by atoms with Crippen LogP contribution >= 0.6 is 0 Å². The van der Waals surface area contributed by atoms with E-state index in [1.165, 1.54) is 25.7 Å². The van der Waals surface area contributed by atoms with E-state index < -0.39 is 0 Å². The minimum absolute atomic E-state index is 0.326. The van der Waals surface area contributed by atoms with Crippen molar-refractivity contribution in [1.82, 2.24) is 9.55 Å². The number of aryl methyl sites for hydroxylation is 1. The summed E-state index contributed by atoms with van der Waals surface area (Å²) in [6.45, 7) is 9.88. The van der Waals surface area contributed by atoms with E-state index in [-0.39, 0.29) is 0 Å². The fraction of sp³-hybridized carbons (Fsp3) is 0.786. The van der Waals surface area contributed by atoms with E-state index in [0.29, 0.717) is 11.5 Å². The van der Waals surface area contributed by atoms with Gasteiger partial charge in [-0.25, -0.2) is 4.98 Å². The molecule has 0 amide bonds. The quantitative estimate of drug-likeness (QED) is 0.845. The molecule has 17 heavy (non-hydrogen) atoms. The number of rotatable bonds is 5. The average molecular weight is 235 g/mol. The second-order valence-electron chi connectivity index (χ2n) is 5.86. The molecule has 1 aromatic rings. The zero-order chi connectivity index (χ0) is 12.5. The topological polar surface area (TPSA) is 29.9 Å². The first-order chi connectivity index (χ1) is 8.04. The highest BCUT2D eigenvalue weighted by atomic mass is 15.2. The van der Waals surface area contributed by atoms with E-state index in [2.05, 4.69) is 48.8 Å². The fourth-order valence-corrected chi connectivity index (χ4v) is 2.59. The number of anilines is 1. The predicted molar refractivity (Wildman–Crippen MR) is 72.3 cm³/mol. The molecule has 2 rings (SSSR count). The molecule has 1 aliphatic carbocycles. The predicted octanol–water partition coefficient (Wildman–Crippen LogP) is 3.59. The molecule has 0 bridgehead atoms. The molecule has 0 aliphatic heterocycles. The van der Waals surface area contributed by atoms with Crippen molar-refractivity contribution < 1.29 is 0 Å². The zero-order valence-corrected chi connectivity index (χ0v) is 11.6. The van der Waals surface area contributed by atoms with Crippen molar-refractivity contribution in [2.45, 2.75) is 65.5 Å². The van der Waals surface area contributed by atoms with E-state index in [9.17, 15) is 0 Å². The monoisotopic (exact) mass is 235 g/mol. The standard InChI is InChI=1S/C14H25N3/c1-5-14(7-6-8-14)16-13-15-12(4)10-17(13)9-11(2)3/h10-11H,5-9H2,1-4H3,(H,15,16). The van der Waals surface area contributed by atoms with Crippen molar-refractivity contribution in [2.75, 3.05) is 5.32 Å². The highest BCUT2D eigenvalue weighted by Crippen LogP contribution is 2.37. The molecule has 96 valence electrons. The number of nitrogens with zero attached hydrogens (tertiary/aromatic N) is 2. The van der Waals surface area contributed by atoms with E-state index in [0.717, 1.165) is 18.2 Å². The first kappa shape index (κ1) is 12.5. The lowest BCUT2D eigenvalue weighted by atomic mass is 9.75. The van der Waals surface area contributed by atoms with E-state index >= 15 is 0 Å². The van der Waals surface area contributed by atoms with Gasteiger partial charge in [-0.1, -0.05) is 20.8 Å². The molecule has 3 heteroatoms. The van der Waals surface area contributed by atoms with E-state index in [4.69, 9.17) is 0 Å². The Morgan fingerprint density at radius 1 is 1.47 bits per heavy atom. The van der Waals surface area contributed by atoms with Crippen LogP contribution in [0.4, 0.5) is 5.95 Å². The summed E-state index contributed by atoms with van der Waals surface area (Å²) in [6.07, 6.45) is 7.28. The smallest absolute Gasteiger partial charge is 0.203 e. The third kappa shape index (κ3) is 2.64. The summed E-state index contributed by atoms with van der Waals surface area (Å²) in [5.41, 5.74) is 1.44. The van der Waals surface area contributed by atoms with Crippen LogP contribution in [0.1, 0.15) is 52.1 Å². The summed E-state index contributed by atoms with van der Waals surface area (Å²) in [5.74, 6) is 1.72. The first-order valence-electron chi connectivity index (χ1n) is 6.86. The lowest BCUT2D eigenvalue weighted by molar-refractivity contribution is 0.266. The van der Waals surface area contributed by atoms with Crippen LogP contribution in [0.25, 0.3) is 0 Å². The van der Waals surface area contributed by atoms with Crippen molar-refractivity contribution in [2.24, 2.45) is 5.92 Å². The summed E-state index contributed by atoms with van der Waals surface area (Å²) in [6, 6.07) is 0. The molecule has 0 saturated heterocycles. The molecular formula is C14H25N3. The molecule has 1 heterocycles. The fourth-order valence-electron chi connectivity index (χ4n) is 2.59. The highest BCUT2D eigenvalue weighted by Gasteiger charge is 2.35. The molecule has 1 N–H and O–H groups in total. The molecule has 1 aliphatic rings. The van der Waals surface area contributed by atoms with Gasteiger partial charge in [-0.05, 0) is 38.5 Å². The molecule has 0 atom stereocenters. The Labute approximate surface area is 105 Å². The summed E-state index contributed by atoms with van der Waals surface area (Å²) in [7, 11) is 0. The van der Waals surface area contributed by atoms with Crippen LogP contribution in [0.2, 0.25) is 0 Å². The third-order valence-electron chi connectivity index (χ3n) is 3.82. The number of imidazole rings is 1. The molecule has 0 spiro atoms. The van der Waals surface area contributed by atoms with Crippen molar-refractivity contribution in [3.8, 4) is 0 Å². The van der Waals surface area contributed by atoms with Crippen LogP contribution in [0.15, 0.2) is 6.20 Å². The van der Waals surface area contributed by atoms with Crippen LogP contribution < -0.4 is 5.32 Å². The molecule has 1 saturated carbocycles.